The number of nitrogens with zero attached hydrogens (tertiary/aromatic N) is 1. The molecule has 3 heteroatoms. The minimum absolute atomic E-state index is 0.873. The molecular weight excluding hydrogens is 615 g/mol. The van der Waals surface area contributed by atoms with Crippen LogP contribution in [0, 0.1) is 0 Å². The third-order valence-electron chi connectivity index (χ3n) is 9.65. The van der Waals surface area contributed by atoms with Crippen molar-refractivity contribution in [2.24, 2.45) is 0 Å². The number of para-hydroxylation sites is 1. The standard InChI is InChI=1S/C46H29NOS/c1-2-11-31(12-3-1)37-23-20-34(33-19-18-30-10-4-5-13-32(30)26-33)27-42(37)47(35-22-25-46-41(28-35)40-15-7-9-17-45(40)49-46)36-21-24-39-38-14-6-8-16-43(38)48-44(39)29-36/h1-29H. The number of rotatable bonds is 5. The first kappa shape index (κ1) is 27.9. The zero-order chi connectivity index (χ0) is 32.3. The third-order valence-corrected chi connectivity index (χ3v) is 10.8. The molecule has 0 saturated carbocycles. The Morgan fingerprint density at radius 1 is 0.388 bits per heavy atom. The van der Waals surface area contributed by atoms with Crippen LogP contribution < -0.4 is 4.90 Å². The summed E-state index contributed by atoms with van der Waals surface area (Å²) >= 11 is 1.85. The first-order valence-electron chi connectivity index (χ1n) is 16.6. The summed E-state index contributed by atoms with van der Waals surface area (Å²) in [5.74, 6) is 0. The van der Waals surface area contributed by atoms with Crippen molar-refractivity contribution in [1.29, 1.82) is 0 Å². The lowest BCUT2D eigenvalue weighted by molar-refractivity contribution is 0.669. The molecule has 0 radical (unpaired) electrons. The highest BCUT2D eigenvalue weighted by Crippen LogP contribution is 2.46. The van der Waals surface area contributed by atoms with Crippen LogP contribution in [0.5, 0.6) is 0 Å². The number of anilines is 3. The molecule has 0 spiro atoms. The zero-order valence-electron chi connectivity index (χ0n) is 26.5. The quantitative estimate of drug-likeness (QED) is 0.186. The van der Waals surface area contributed by atoms with E-state index in [1.165, 1.54) is 42.1 Å². The summed E-state index contributed by atoms with van der Waals surface area (Å²) in [6, 6.07) is 63.4. The van der Waals surface area contributed by atoms with Gasteiger partial charge in [0.2, 0.25) is 0 Å². The number of hydrogen-bond donors (Lipinski definition) is 0. The monoisotopic (exact) mass is 643 g/mol. The number of furan rings is 1. The molecule has 10 aromatic rings. The molecule has 0 bridgehead atoms. The van der Waals surface area contributed by atoms with E-state index < -0.39 is 0 Å². The number of fused-ring (bicyclic) bond motifs is 7. The second-order valence-electron chi connectivity index (χ2n) is 12.6. The highest BCUT2D eigenvalue weighted by atomic mass is 32.1. The Hall–Kier alpha value is -6.16. The topological polar surface area (TPSA) is 16.4 Å². The summed E-state index contributed by atoms with van der Waals surface area (Å²) in [6.45, 7) is 0. The van der Waals surface area contributed by atoms with E-state index in [9.17, 15) is 0 Å². The largest absolute Gasteiger partial charge is 0.456 e. The van der Waals surface area contributed by atoms with Crippen LogP contribution >= 0.6 is 11.3 Å². The predicted molar refractivity (Wildman–Crippen MR) is 210 cm³/mol. The molecule has 0 aliphatic heterocycles. The Morgan fingerprint density at radius 2 is 1.06 bits per heavy atom. The number of thiophene rings is 1. The molecule has 230 valence electrons. The highest BCUT2D eigenvalue weighted by Gasteiger charge is 2.21. The molecule has 0 atom stereocenters. The molecule has 0 saturated heterocycles. The lowest BCUT2D eigenvalue weighted by Crippen LogP contribution is -2.11. The normalized spacial score (nSPS) is 11.7. The van der Waals surface area contributed by atoms with E-state index in [0.717, 1.165) is 50.1 Å². The smallest absolute Gasteiger partial charge is 0.137 e. The van der Waals surface area contributed by atoms with Crippen molar-refractivity contribution in [3.8, 4) is 22.3 Å². The van der Waals surface area contributed by atoms with Gasteiger partial charge in [-0.15, -0.1) is 11.3 Å². The van der Waals surface area contributed by atoms with Crippen molar-refractivity contribution in [2.75, 3.05) is 4.90 Å². The first-order valence-corrected chi connectivity index (χ1v) is 17.4. The van der Waals surface area contributed by atoms with E-state index in [2.05, 4.69) is 169 Å². The lowest BCUT2D eigenvalue weighted by Gasteiger charge is -2.29. The highest BCUT2D eigenvalue weighted by molar-refractivity contribution is 7.25. The maximum Gasteiger partial charge on any atom is 0.137 e. The van der Waals surface area contributed by atoms with E-state index in [1.54, 1.807) is 0 Å². The van der Waals surface area contributed by atoms with Gasteiger partial charge < -0.3 is 9.32 Å². The molecule has 0 aliphatic rings. The summed E-state index contributed by atoms with van der Waals surface area (Å²) < 4.78 is 9.04. The molecule has 0 aliphatic carbocycles. The Bertz CT molecular complexity index is 2840. The summed E-state index contributed by atoms with van der Waals surface area (Å²) in [7, 11) is 0. The fourth-order valence-electron chi connectivity index (χ4n) is 7.26. The third kappa shape index (κ3) is 4.70. The molecule has 0 N–H and O–H groups in total. The minimum Gasteiger partial charge on any atom is -0.456 e. The van der Waals surface area contributed by atoms with E-state index in [0.29, 0.717) is 0 Å². The Morgan fingerprint density at radius 3 is 1.98 bits per heavy atom. The second-order valence-corrected chi connectivity index (χ2v) is 13.6. The van der Waals surface area contributed by atoms with Crippen molar-refractivity contribution >= 4 is 81.3 Å². The average molecular weight is 644 g/mol. The van der Waals surface area contributed by atoms with Gasteiger partial charge in [-0.3, -0.25) is 0 Å². The van der Waals surface area contributed by atoms with Gasteiger partial charge in [-0.05, 0) is 82.1 Å². The van der Waals surface area contributed by atoms with Gasteiger partial charge in [0.15, 0.2) is 0 Å². The zero-order valence-corrected chi connectivity index (χ0v) is 27.3. The molecule has 0 fully saturated rings. The molecule has 8 aromatic carbocycles. The van der Waals surface area contributed by atoms with Gasteiger partial charge >= 0.3 is 0 Å². The Balaban J connectivity index is 1.25. The van der Waals surface area contributed by atoms with Gasteiger partial charge in [0.05, 0.1) is 5.69 Å². The fourth-order valence-corrected chi connectivity index (χ4v) is 8.35. The van der Waals surface area contributed by atoms with Crippen LogP contribution in [0.2, 0.25) is 0 Å². The summed E-state index contributed by atoms with van der Waals surface area (Å²) in [4.78, 5) is 2.41. The van der Waals surface area contributed by atoms with E-state index in [-0.39, 0.29) is 0 Å². The lowest BCUT2D eigenvalue weighted by atomic mass is 9.95. The van der Waals surface area contributed by atoms with Crippen LogP contribution in [0.4, 0.5) is 17.1 Å². The summed E-state index contributed by atoms with van der Waals surface area (Å²) in [5, 5.41) is 7.27. The molecule has 2 heterocycles. The molecule has 0 amide bonds. The van der Waals surface area contributed by atoms with Crippen LogP contribution in [0.1, 0.15) is 0 Å². The van der Waals surface area contributed by atoms with Crippen LogP contribution in [-0.4, -0.2) is 0 Å². The average Bonchev–Trinajstić information content (AvgIpc) is 3.73. The van der Waals surface area contributed by atoms with Crippen LogP contribution in [0.15, 0.2) is 180 Å². The van der Waals surface area contributed by atoms with E-state index in [1.807, 2.05) is 23.5 Å². The van der Waals surface area contributed by atoms with E-state index in [4.69, 9.17) is 4.42 Å². The van der Waals surface area contributed by atoms with Crippen molar-refractivity contribution in [3.63, 3.8) is 0 Å². The molecular formula is C46H29NOS. The van der Waals surface area contributed by atoms with E-state index >= 15 is 0 Å². The van der Waals surface area contributed by atoms with Crippen LogP contribution in [-0.2, 0) is 0 Å². The first-order chi connectivity index (χ1) is 24.3. The summed E-state index contributed by atoms with van der Waals surface area (Å²) in [5.41, 5.74) is 9.69. The molecule has 10 rings (SSSR count). The SMILES string of the molecule is c1ccc(-c2ccc(-c3ccc4ccccc4c3)cc2N(c2ccc3c(c2)oc2ccccc23)c2ccc3sc4ccccc4c3c2)cc1. The van der Waals surface area contributed by atoms with Crippen molar-refractivity contribution < 1.29 is 4.42 Å². The van der Waals surface area contributed by atoms with Crippen molar-refractivity contribution in [2.45, 2.75) is 0 Å². The number of benzene rings is 8. The van der Waals surface area contributed by atoms with Gasteiger partial charge in [-0.2, -0.15) is 0 Å². The Labute approximate surface area is 287 Å². The fraction of sp³-hybridized carbons (Fsp3) is 0. The maximum atomic E-state index is 6.45. The van der Waals surface area contributed by atoms with Gasteiger partial charge in [-0.1, -0.05) is 115 Å². The van der Waals surface area contributed by atoms with Gasteiger partial charge in [0, 0.05) is 53.9 Å². The van der Waals surface area contributed by atoms with Crippen LogP contribution in [0.3, 0.4) is 0 Å². The van der Waals surface area contributed by atoms with Crippen molar-refractivity contribution in [1.82, 2.24) is 0 Å². The molecule has 49 heavy (non-hydrogen) atoms. The minimum atomic E-state index is 0.873. The maximum absolute atomic E-state index is 6.45. The summed E-state index contributed by atoms with van der Waals surface area (Å²) in [6.07, 6.45) is 0. The second kappa shape index (κ2) is 11.2. The number of hydrogen-bond acceptors (Lipinski definition) is 3. The molecule has 2 aromatic heterocycles. The molecule has 2 nitrogen and oxygen atoms in total. The van der Waals surface area contributed by atoms with Gasteiger partial charge in [0.1, 0.15) is 11.2 Å². The van der Waals surface area contributed by atoms with Crippen molar-refractivity contribution in [3.05, 3.63) is 176 Å². The Kier molecular flexibility index (Phi) is 6.39. The van der Waals surface area contributed by atoms with Crippen LogP contribution in [0.25, 0.3) is 75.1 Å². The van der Waals surface area contributed by atoms with Gasteiger partial charge in [0.25, 0.3) is 0 Å². The predicted octanol–water partition coefficient (Wildman–Crippen LogP) is 13.9. The van der Waals surface area contributed by atoms with Gasteiger partial charge in [-0.25, -0.2) is 0 Å². The molecule has 0 unspecified atom stereocenters.